The number of nitrogens with zero attached hydrogens (tertiary/aromatic N) is 4. The lowest BCUT2D eigenvalue weighted by molar-refractivity contribution is 0.659. The van der Waals surface area contributed by atoms with Gasteiger partial charge in [0.15, 0.2) is 0 Å². The highest BCUT2D eigenvalue weighted by atomic mass is 16.1. The van der Waals surface area contributed by atoms with E-state index in [1.165, 1.54) is 0 Å². The van der Waals surface area contributed by atoms with Crippen molar-refractivity contribution in [2.75, 3.05) is 30.7 Å². The van der Waals surface area contributed by atoms with Crippen LogP contribution >= 0.6 is 0 Å². The first-order chi connectivity index (χ1) is 16.5. The molecule has 0 aliphatic rings. The number of hydrogen-bond donors (Lipinski definition) is 3. The number of rotatable bonds is 9. The Morgan fingerprint density at radius 2 is 1.68 bits per heavy atom. The lowest BCUT2D eigenvalue weighted by Crippen LogP contribution is -2.22. The molecule has 8 heteroatoms. The number of benzene rings is 1. The molecule has 0 atom stereocenters. The van der Waals surface area contributed by atoms with Gasteiger partial charge in [-0.1, -0.05) is 36.4 Å². The second-order valence-electron chi connectivity index (χ2n) is 7.98. The second-order valence-corrected chi connectivity index (χ2v) is 7.98. The molecule has 0 fully saturated rings. The van der Waals surface area contributed by atoms with Crippen LogP contribution in [0, 0.1) is 0 Å². The summed E-state index contributed by atoms with van der Waals surface area (Å²) < 4.78 is 3.34. The maximum absolute atomic E-state index is 11.6. The molecule has 3 aromatic heterocycles. The van der Waals surface area contributed by atoms with E-state index in [1.54, 1.807) is 34.8 Å². The highest BCUT2D eigenvalue weighted by Crippen LogP contribution is 2.24. The molecular weight excluding hydrogens is 426 g/mol. The number of aromatic nitrogens is 4. The van der Waals surface area contributed by atoms with Gasteiger partial charge in [-0.3, -0.25) is 9.48 Å². The predicted molar refractivity (Wildman–Crippen MR) is 139 cm³/mol. The lowest BCUT2D eigenvalue weighted by atomic mass is 10.1. The molecule has 0 bridgehead atoms. The Morgan fingerprint density at radius 3 is 2.32 bits per heavy atom. The summed E-state index contributed by atoms with van der Waals surface area (Å²) in [5.41, 5.74) is 9.90. The van der Waals surface area contributed by atoms with E-state index >= 15 is 0 Å². The molecule has 178 valence electrons. The van der Waals surface area contributed by atoms with Crippen molar-refractivity contribution in [2.45, 2.75) is 12.8 Å². The minimum absolute atomic E-state index is 0.0291. The summed E-state index contributed by atoms with van der Waals surface area (Å²) in [7, 11) is 3.64. The number of nitrogen functional groups attached to an aromatic ring is 1. The van der Waals surface area contributed by atoms with E-state index in [4.69, 9.17) is 5.73 Å². The lowest BCUT2D eigenvalue weighted by Gasteiger charge is -2.10. The standard InChI is InChI=1S/C20H27N7O.C6H6/c1-26-9-5-15(10-19(26)28)4-8-22-6-3-7-23-18-11-16(12-24-20(18)21)17-13-25-27(2)14-17;1-2-4-6-5-3-1/h5,9-14,22-23H,3-4,6-8H2,1-2H3,(H2,21,24);1-6H. The van der Waals surface area contributed by atoms with Gasteiger partial charge in [0, 0.05) is 56.4 Å². The van der Waals surface area contributed by atoms with Gasteiger partial charge in [-0.05, 0) is 43.6 Å². The van der Waals surface area contributed by atoms with E-state index in [0.717, 1.165) is 54.9 Å². The Hall–Kier alpha value is -3.91. The minimum atomic E-state index is 0.0291. The molecular formula is C26H33N7O. The molecule has 4 N–H and O–H groups in total. The molecule has 0 saturated heterocycles. The monoisotopic (exact) mass is 459 g/mol. The molecule has 0 aliphatic heterocycles. The van der Waals surface area contributed by atoms with E-state index in [9.17, 15) is 4.79 Å². The van der Waals surface area contributed by atoms with Crippen LogP contribution in [0.4, 0.5) is 11.5 Å². The maximum Gasteiger partial charge on any atom is 0.250 e. The van der Waals surface area contributed by atoms with Gasteiger partial charge in [-0.15, -0.1) is 0 Å². The number of nitrogens with two attached hydrogens (primary N) is 1. The van der Waals surface area contributed by atoms with Crippen LogP contribution in [0.25, 0.3) is 11.1 Å². The van der Waals surface area contributed by atoms with Crippen LogP contribution < -0.4 is 21.9 Å². The summed E-state index contributed by atoms with van der Waals surface area (Å²) in [6, 6.07) is 17.7. The third kappa shape index (κ3) is 7.90. The first-order valence-corrected chi connectivity index (χ1v) is 11.4. The van der Waals surface area contributed by atoms with Crippen LogP contribution in [0.5, 0.6) is 0 Å². The molecule has 0 radical (unpaired) electrons. The smallest absolute Gasteiger partial charge is 0.250 e. The molecule has 1 aromatic carbocycles. The Kier molecular flexibility index (Phi) is 9.42. The quantitative estimate of drug-likeness (QED) is 0.333. The molecule has 4 rings (SSSR count). The molecule has 0 aliphatic carbocycles. The van der Waals surface area contributed by atoms with Crippen molar-refractivity contribution in [3.05, 3.63) is 95.3 Å². The number of nitrogens with one attached hydrogen (secondary N) is 2. The summed E-state index contributed by atoms with van der Waals surface area (Å²) in [5.74, 6) is 0.492. The molecule has 0 spiro atoms. The molecule has 3 heterocycles. The van der Waals surface area contributed by atoms with Gasteiger partial charge >= 0.3 is 0 Å². The highest BCUT2D eigenvalue weighted by molar-refractivity contribution is 5.72. The van der Waals surface area contributed by atoms with E-state index in [0.29, 0.717) is 5.82 Å². The van der Waals surface area contributed by atoms with Crippen LogP contribution in [-0.2, 0) is 20.5 Å². The Balaban J connectivity index is 0.000000469. The highest BCUT2D eigenvalue weighted by Gasteiger charge is 2.06. The first-order valence-electron chi connectivity index (χ1n) is 11.4. The van der Waals surface area contributed by atoms with Gasteiger partial charge in [-0.25, -0.2) is 4.98 Å². The van der Waals surface area contributed by atoms with Crippen molar-refractivity contribution >= 4 is 11.5 Å². The average molecular weight is 460 g/mol. The third-order valence-corrected chi connectivity index (χ3v) is 5.23. The fraction of sp³-hybridized carbons (Fsp3) is 0.269. The normalized spacial score (nSPS) is 10.4. The van der Waals surface area contributed by atoms with Crippen LogP contribution in [0.3, 0.4) is 0 Å². The van der Waals surface area contributed by atoms with Gasteiger partial charge in [0.25, 0.3) is 5.56 Å². The first kappa shape index (κ1) is 24.7. The summed E-state index contributed by atoms with van der Waals surface area (Å²) in [6.45, 7) is 2.52. The van der Waals surface area contributed by atoms with Crippen molar-refractivity contribution in [1.82, 2.24) is 24.6 Å². The van der Waals surface area contributed by atoms with Crippen LogP contribution in [0.1, 0.15) is 12.0 Å². The van der Waals surface area contributed by atoms with Crippen molar-refractivity contribution < 1.29 is 0 Å². The fourth-order valence-corrected chi connectivity index (χ4v) is 3.27. The number of pyridine rings is 2. The topological polar surface area (TPSA) is 103 Å². The molecule has 8 nitrogen and oxygen atoms in total. The number of aryl methyl sites for hydroxylation is 2. The summed E-state index contributed by atoms with van der Waals surface area (Å²) in [4.78, 5) is 15.9. The zero-order chi connectivity index (χ0) is 24.2. The van der Waals surface area contributed by atoms with Gasteiger partial charge in [0.2, 0.25) is 0 Å². The third-order valence-electron chi connectivity index (χ3n) is 5.23. The summed E-state index contributed by atoms with van der Waals surface area (Å²) in [6.07, 6.45) is 9.11. The van der Waals surface area contributed by atoms with Gasteiger partial charge in [0.05, 0.1) is 11.9 Å². The van der Waals surface area contributed by atoms with Gasteiger partial charge < -0.3 is 20.9 Å². The summed E-state index contributed by atoms with van der Waals surface area (Å²) >= 11 is 0. The van der Waals surface area contributed by atoms with E-state index < -0.39 is 0 Å². The molecule has 34 heavy (non-hydrogen) atoms. The van der Waals surface area contributed by atoms with Crippen LogP contribution in [-0.4, -0.2) is 39.0 Å². The fourth-order valence-electron chi connectivity index (χ4n) is 3.27. The molecule has 0 saturated carbocycles. The second kappa shape index (κ2) is 13.0. The maximum atomic E-state index is 11.6. The average Bonchev–Trinajstić information content (AvgIpc) is 3.29. The zero-order valence-electron chi connectivity index (χ0n) is 19.8. The van der Waals surface area contributed by atoms with E-state index in [1.807, 2.05) is 68.0 Å². The molecule has 4 aromatic rings. The Bertz CT molecular complexity index is 1170. The van der Waals surface area contributed by atoms with Gasteiger partial charge in [-0.2, -0.15) is 5.10 Å². The van der Waals surface area contributed by atoms with E-state index in [2.05, 4.69) is 20.7 Å². The van der Waals surface area contributed by atoms with Crippen molar-refractivity contribution in [3.63, 3.8) is 0 Å². The summed E-state index contributed by atoms with van der Waals surface area (Å²) in [5, 5.41) is 10.9. The minimum Gasteiger partial charge on any atom is -0.382 e. The number of hydrogen-bond acceptors (Lipinski definition) is 6. The van der Waals surface area contributed by atoms with Crippen molar-refractivity contribution in [1.29, 1.82) is 0 Å². The van der Waals surface area contributed by atoms with Crippen molar-refractivity contribution in [2.24, 2.45) is 14.1 Å². The largest absolute Gasteiger partial charge is 0.382 e. The molecule has 0 unspecified atom stereocenters. The number of anilines is 2. The predicted octanol–water partition coefficient (Wildman–Crippen LogP) is 3.08. The van der Waals surface area contributed by atoms with Gasteiger partial charge in [0.1, 0.15) is 5.82 Å². The van der Waals surface area contributed by atoms with Crippen molar-refractivity contribution in [3.8, 4) is 11.1 Å². The Morgan fingerprint density at radius 1 is 0.941 bits per heavy atom. The molecule has 0 amide bonds. The van der Waals surface area contributed by atoms with Crippen LogP contribution in [0.15, 0.2) is 84.2 Å². The van der Waals surface area contributed by atoms with Crippen LogP contribution in [0.2, 0.25) is 0 Å². The SMILES string of the molecule is Cn1cc(-c2cnc(N)c(NCCCNCCc3ccn(C)c(=O)c3)c2)cn1.c1ccccc1. The van der Waals surface area contributed by atoms with E-state index in [-0.39, 0.29) is 5.56 Å². The zero-order valence-corrected chi connectivity index (χ0v) is 19.8. The Labute approximate surface area is 200 Å².